The number of carbonyl (C=O) groups is 1. The molecule has 0 aliphatic rings. The highest BCUT2D eigenvalue weighted by molar-refractivity contribution is 7.99. The number of hydrogen-bond acceptors (Lipinski definition) is 4. The second-order valence-electron chi connectivity index (χ2n) is 7.31. The molecule has 0 fully saturated rings. The number of carbonyl (C=O) groups excluding carboxylic acids is 1. The smallest absolute Gasteiger partial charge is 0.266 e. The van der Waals surface area contributed by atoms with Crippen LogP contribution in [0, 0.1) is 0 Å². The van der Waals surface area contributed by atoms with Gasteiger partial charge in [-0.15, -0.1) is 0 Å². The molecule has 1 aromatic heterocycles. The van der Waals surface area contributed by atoms with Crippen molar-refractivity contribution < 1.29 is 4.79 Å². The Hall–Kier alpha value is -2.60. The highest BCUT2D eigenvalue weighted by Gasteiger charge is 2.17. The van der Waals surface area contributed by atoms with Gasteiger partial charge in [0.25, 0.3) is 5.56 Å². The molecule has 30 heavy (non-hydrogen) atoms. The van der Waals surface area contributed by atoms with Gasteiger partial charge in [-0.25, -0.2) is 4.98 Å². The molecule has 158 valence electrons. The minimum atomic E-state index is -0.116. The lowest BCUT2D eigenvalue weighted by Crippen LogP contribution is -2.32. The minimum absolute atomic E-state index is 0.0473. The fourth-order valence-corrected chi connectivity index (χ4v) is 4.33. The van der Waals surface area contributed by atoms with Crippen LogP contribution in [0.5, 0.6) is 0 Å². The molecule has 3 aromatic rings. The predicted molar refractivity (Wildman–Crippen MR) is 125 cm³/mol. The Labute approximate surface area is 182 Å². The van der Waals surface area contributed by atoms with E-state index in [9.17, 15) is 9.59 Å². The summed E-state index contributed by atoms with van der Waals surface area (Å²) in [4.78, 5) is 32.4. The Morgan fingerprint density at radius 1 is 1.07 bits per heavy atom. The Morgan fingerprint density at radius 2 is 1.73 bits per heavy atom. The number of amides is 1. The highest BCUT2D eigenvalue weighted by atomic mass is 32.2. The van der Waals surface area contributed by atoms with Gasteiger partial charge >= 0.3 is 0 Å². The van der Waals surface area contributed by atoms with E-state index in [4.69, 9.17) is 4.98 Å². The van der Waals surface area contributed by atoms with Crippen LogP contribution in [-0.2, 0) is 4.79 Å². The first-order chi connectivity index (χ1) is 14.5. The molecule has 5 nitrogen and oxygen atoms in total. The lowest BCUT2D eigenvalue weighted by atomic mass is 9.98. The second-order valence-corrected chi connectivity index (χ2v) is 8.25. The molecule has 1 amide bonds. The van der Waals surface area contributed by atoms with Crippen LogP contribution in [0.15, 0.2) is 58.5 Å². The van der Waals surface area contributed by atoms with Crippen LogP contribution in [0.1, 0.15) is 45.6 Å². The van der Waals surface area contributed by atoms with Crippen molar-refractivity contribution in [1.82, 2.24) is 14.5 Å². The number of benzene rings is 2. The molecule has 0 aliphatic heterocycles. The molecule has 1 heterocycles. The lowest BCUT2D eigenvalue weighted by Gasteiger charge is -2.19. The number of nitrogens with zero attached hydrogens (tertiary/aromatic N) is 3. The molecule has 0 aliphatic carbocycles. The number of aromatic nitrogens is 2. The normalized spacial score (nSPS) is 12.1. The van der Waals surface area contributed by atoms with E-state index in [0.717, 1.165) is 12.1 Å². The standard InChI is InChI=1S/C24H29N3O2S/c1-5-17(4)18-12-14-19(15-13-18)27-23(29)20-10-8-9-11-21(20)25-24(27)30-16-22(28)26(6-2)7-3/h8-15,17H,5-7,16H2,1-4H3. The third-order valence-corrected chi connectivity index (χ3v) is 6.44. The number of rotatable bonds is 8. The van der Waals surface area contributed by atoms with Crippen molar-refractivity contribution >= 4 is 28.6 Å². The molecule has 2 aromatic carbocycles. The van der Waals surface area contributed by atoms with Gasteiger partial charge in [0.2, 0.25) is 5.91 Å². The molecular weight excluding hydrogens is 394 g/mol. The van der Waals surface area contributed by atoms with Crippen LogP contribution in [0.2, 0.25) is 0 Å². The van der Waals surface area contributed by atoms with Gasteiger partial charge in [-0.1, -0.05) is 49.9 Å². The summed E-state index contributed by atoms with van der Waals surface area (Å²) in [6.45, 7) is 9.64. The number of hydrogen-bond donors (Lipinski definition) is 0. The molecule has 1 atom stereocenters. The zero-order valence-corrected chi connectivity index (χ0v) is 18.9. The van der Waals surface area contributed by atoms with E-state index in [1.165, 1.54) is 17.3 Å². The van der Waals surface area contributed by atoms with E-state index < -0.39 is 0 Å². The van der Waals surface area contributed by atoms with Gasteiger partial charge in [0.1, 0.15) is 0 Å². The van der Waals surface area contributed by atoms with Gasteiger partial charge in [-0.3, -0.25) is 14.2 Å². The first-order valence-corrected chi connectivity index (χ1v) is 11.5. The van der Waals surface area contributed by atoms with E-state index in [-0.39, 0.29) is 17.2 Å². The summed E-state index contributed by atoms with van der Waals surface area (Å²) < 4.78 is 1.63. The summed E-state index contributed by atoms with van der Waals surface area (Å²) in [6.07, 6.45) is 1.06. The summed E-state index contributed by atoms with van der Waals surface area (Å²) in [5.74, 6) is 0.759. The van der Waals surface area contributed by atoms with Gasteiger partial charge < -0.3 is 4.90 Å². The third kappa shape index (κ3) is 4.59. The predicted octanol–water partition coefficient (Wildman–Crippen LogP) is 4.86. The Bertz CT molecular complexity index is 1070. The van der Waals surface area contributed by atoms with Crippen LogP contribution in [0.3, 0.4) is 0 Å². The number of para-hydroxylation sites is 1. The maximum Gasteiger partial charge on any atom is 0.266 e. The van der Waals surface area contributed by atoms with Gasteiger partial charge in [0, 0.05) is 13.1 Å². The third-order valence-electron chi connectivity index (χ3n) is 5.52. The van der Waals surface area contributed by atoms with Crippen molar-refractivity contribution in [2.24, 2.45) is 0 Å². The van der Waals surface area contributed by atoms with Crippen LogP contribution in [0.4, 0.5) is 0 Å². The summed E-state index contributed by atoms with van der Waals surface area (Å²) in [7, 11) is 0. The zero-order valence-electron chi connectivity index (χ0n) is 18.1. The maximum atomic E-state index is 13.3. The molecule has 0 saturated heterocycles. The minimum Gasteiger partial charge on any atom is -0.343 e. The van der Waals surface area contributed by atoms with E-state index in [0.29, 0.717) is 35.1 Å². The molecule has 0 saturated carbocycles. The first kappa shape index (κ1) is 22.1. The van der Waals surface area contributed by atoms with Gasteiger partial charge in [0.05, 0.1) is 22.3 Å². The largest absolute Gasteiger partial charge is 0.343 e. The van der Waals surface area contributed by atoms with E-state index in [1.54, 1.807) is 15.5 Å². The molecule has 0 spiro atoms. The van der Waals surface area contributed by atoms with Gasteiger partial charge in [0.15, 0.2) is 5.16 Å². The zero-order chi connectivity index (χ0) is 21.7. The average molecular weight is 424 g/mol. The summed E-state index contributed by atoms with van der Waals surface area (Å²) >= 11 is 1.31. The van der Waals surface area contributed by atoms with Crippen LogP contribution in [0.25, 0.3) is 16.6 Å². The van der Waals surface area contributed by atoms with Gasteiger partial charge in [-0.2, -0.15) is 0 Å². The second kappa shape index (κ2) is 9.94. The average Bonchev–Trinajstić information content (AvgIpc) is 2.78. The Kier molecular flexibility index (Phi) is 7.32. The SMILES string of the molecule is CCC(C)c1ccc(-n2c(SCC(=O)N(CC)CC)nc3ccccc3c2=O)cc1. The Morgan fingerprint density at radius 3 is 2.37 bits per heavy atom. The molecule has 3 rings (SSSR count). The van der Waals surface area contributed by atoms with E-state index in [2.05, 4.69) is 26.0 Å². The lowest BCUT2D eigenvalue weighted by molar-refractivity contribution is -0.127. The van der Waals surface area contributed by atoms with Crippen LogP contribution < -0.4 is 5.56 Å². The van der Waals surface area contributed by atoms with E-state index >= 15 is 0 Å². The molecule has 0 bridgehead atoms. The molecule has 0 N–H and O–H groups in total. The summed E-state index contributed by atoms with van der Waals surface area (Å²) in [5, 5.41) is 1.11. The number of fused-ring (bicyclic) bond motifs is 1. The van der Waals surface area contributed by atoms with Crippen LogP contribution in [-0.4, -0.2) is 39.2 Å². The topological polar surface area (TPSA) is 55.2 Å². The summed E-state index contributed by atoms with van der Waals surface area (Å²) in [6, 6.07) is 15.4. The maximum absolute atomic E-state index is 13.3. The molecule has 6 heteroatoms. The highest BCUT2D eigenvalue weighted by Crippen LogP contribution is 2.24. The van der Waals surface area contributed by atoms with Crippen molar-refractivity contribution in [2.75, 3.05) is 18.8 Å². The molecule has 0 radical (unpaired) electrons. The first-order valence-electron chi connectivity index (χ1n) is 10.5. The van der Waals surface area contributed by atoms with Crippen molar-refractivity contribution in [2.45, 2.75) is 45.2 Å². The summed E-state index contributed by atoms with van der Waals surface area (Å²) in [5.41, 5.74) is 2.54. The van der Waals surface area contributed by atoms with Crippen molar-refractivity contribution in [3.05, 3.63) is 64.4 Å². The fourth-order valence-electron chi connectivity index (χ4n) is 3.42. The van der Waals surface area contributed by atoms with Crippen molar-refractivity contribution in [1.29, 1.82) is 0 Å². The molecule has 1 unspecified atom stereocenters. The number of thioether (sulfide) groups is 1. The Balaban J connectivity index is 2.05. The van der Waals surface area contributed by atoms with Gasteiger partial charge in [-0.05, 0) is 56.0 Å². The van der Waals surface area contributed by atoms with Crippen molar-refractivity contribution in [3.8, 4) is 5.69 Å². The van der Waals surface area contributed by atoms with Crippen molar-refractivity contribution in [3.63, 3.8) is 0 Å². The monoisotopic (exact) mass is 423 g/mol. The molecular formula is C24H29N3O2S. The van der Waals surface area contributed by atoms with E-state index in [1.807, 2.05) is 44.2 Å². The quantitative estimate of drug-likeness (QED) is 0.383. The fraction of sp³-hybridized carbons (Fsp3) is 0.375. The van der Waals surface area contributed by atoms with Crippen LogP contribution >= 0.6 is 11.8 Å².